The highest BCUT2D eigenvalue weighted by Gasteiger charge is 2.01. The lowest BCUT2D eigenvalue weighted by atomic mass is 10.2. The summed E-state index contributed by atoms with van der Waals surface area (Å²) < 4.78 is 0. The van der Waals surface area contributed by atoms with Crippen LogP contribution < -0.4 is 11.1 Å². The normalized spacial score (nSPS) is 10.6. The van der Waals surface area contributed by atoms with Gasteiger partial charge in [-0.1, -0.05) is 30.7 Å². The summed E-state index contributed by atoms with van der Waals surface area (Å²) in [5.41, 5.74) is 5.45. The van der Waals surface area contributed by atoms with E-state index in [4.69, 9.17) is 5.73 Å². The molecule has 0 aliphatic carbocycles. The first-order valence-electron chi connectivity index (χ1n) is 6.06. The van der Waals surface area contributed by atoms with Crippen molar-refractivity contribution in [1.82, 2.24) is 10.2 Å². The Labute approximate surface area is 101 Å². The number of nitrogens with one attached hydrogen (secondary N) is 1. The summed E-state index contributed by atoms with van der Waals surface area (Å²) in [5, 5.41) is 13.7. The van der Waals surface area contributed by atoms with E-state index < -0.39 is 0 Å². The molecule has 4 heteroatoms. The molecule has 1 heterocycles. The molecule has 0 fully saturated rings. The quantitative estimate of drug-likeness (QED) is 0.746. The third-order valence-corrected chi connectivity index (χ3v) is 2.74. The summed E-state index contributed by atoms with van der Waals surface area (Å²) in [5.74, 6) is 0.871. The van der Waals surface area contributed by atoms with Gasteiger partial charge in [0.2, 0.25) is 0 Å². The van der Waals surface area contributed by atoms with E-state index in [1.54, 1.807) is 6.20 Å². The zero-order valence-corrected chi connectivity index (χ0v) is 9.89. The van der Waals surface area contributed by atoms with Crippen LogP contribution in [0.4, 0.5) is 5.82 Å². The van der Waals surface area contributed by atoms with Crippen molar-refractivity contribution in [3.05, 3.63) is 30.5 Å². The van der Waals surface area contributed by atoms with Gasteiger partial charge in [-0.25, -0.2) is 0 Å². The number of benzene rings is 1. The molecule has 4 nitrogen and oxygen atoms in total. The fourth-order valence-corrected chi connectivity index (χ4v) is 1.81. The van der Waals surface area contributed by atoms with Crippen LogP contribution in [0.3, 0.4) is 0 Å². The van der Waals surface area contributed by atoms with Crippen molar-refractivity contribution in [3.8, 4) is 0 Å². The molecule has 3 N–H and O–H groups in total. The summed E-state index contributed by atoms with van der Waals surface area (Å²) in [6.07, 6.45) is 5.14. The van der Waals surface area contributed by atoms with Gasteiger partial charge in [0.05, 0.1) is 6.20 Å². The van der Waals surface area contributed by atoms with Crippen LogP contribution in [0.2, 0.25) is 0 Å². The number of hydrogen-bond acceptors (Lipinski definition) is 4. The predicted molar refractivity (Wildman–Crippen MR) is 70.9 cm³/mol. The van der Waals surface area contributed by atoms with Crippen LogP contribution in [0.5, 0.6) is 0 Å². The number of aromatic nitrogens is 2. The average Bonchev–Trinajstić information content (AvgIpc) is 2.39. The zero-order valence-electron chi connectivity index (χ0n) is 9.89. The smallest absolute Gasteiger partial charge is 0.156 e. The third-order valence-electron chi connectivity index (χ3n) is 2.74. The Morgan fingerprint density at radius 1 is 1.12 bits per heavy atom. The Morgan fingerprint density at radius 3 is 2.88 bits per heavy atom. The van der Waals surface area contributed by atoms with E-state index in [2.05, 4.69) is 21.6 Å². The molecule has 17 heavy (non-hydrogen) atoms. The Bertz CT molecular complexity index is 464. The second-order valence-corrected chi connectivity index (χ2v) is 4.06. The molecule has 0 radical (unpaired) electrons. The molecule has 1 aromatic carbocycles. The number of fused-ring (bicyclic) bond motifs is 1. The van der Waals surface area contributed by atoms with Crippen molar-refractivity contribution in [3.63, 3.8) is 0 Å². The van der Waals surface area contributed by atoms with Crippen molar-refractivity contribution >= 4 is 16.6 Å². The molecule has 0 amide bonds. The van der Waals surface area contributed by atoms with Gasteiger partial charge in [-0.2, -0.15) is 5.10 Å². The SMILES string of the molecule is NCCCCCNc1nncc2ccccc12. The largest absolute Gasteiger partial charge is 0.368 e. The molecule has 0 saturated heterocycles. The van der Waals surface area contributed by atoms with Gasteiger partial charge in [0.1, 0.15) is 0 Å². The number of rotatable bonds is 6. The average molecular weight is 230 g/mol. The minimum atomic E-state index is 0.772. The van der Waals surface area contributed by atoms with Gasteiger partial charge in [-0.3, -0.25) is 0 Å². The summed E-state index contributed by atoms with van der Waals surface area (Å²) in [4.78, 5) is 0. The van der Waals surface area contributed by atoms with Crippen molar-refractivity contribution in [1.29, 1.82) is 0 Å². The number of unbranched alkanes of at least 4 members (excludes halogenated alkanes) is 2. The van der Waals surface area contributed by atoms with E-state index in [9.17, 15) is 0 Å². The van der Waals surface area contributed by atoms with E-state index in [1.807, 2.05) is 18.2 Å². The van der Waals surface area contributed by atoms with E-state index in [-0.39, 0.29) is 0 Å². The topological polar surface area (TPSA) is 63.8 Å². The highest BCUT2D eigenvalue weighted by atomic mass is 15.2. The van der Waals surface area contributed by atoms with Gasteiger partial charge in [0.15, 0.2) is 5.82 Å². The van der Waals surface area contributed by atoms with E-state index in [0.717, 1.165) is 48.9 Å². The molecule has 0 bridgehead atoms. The lowest BCUT2D eigenvalue weighted by Crippen LogP contribution is -2.06. The Morgan fingerprint density at radius 2 is 2.00 bits per heavy atom. The van der Waals surface area contributed by atoms with Gasteiger partial charge < -0.3 is 11.1 Å². The van der Waals surface area contributed by atoms with Gasteiger partial charge in [-0.05, 0) is 19.4 Å². The minimum absolute atomic E-state index is 0.772. The molecule has 0 atom stereocenters. The molecule has 0 unspecified atom stereocenters. The highest BCUT2D eigenvalue weighted by Crippen LogP contribution is 2.18. The van der Waals surface area contributed by atoms with Crippen LogP contribution in [-0.4, -0.2) is 23.3 Å². The first-order chi connectivity index (χ1) is 8.42. The maximum Gasteiger partial charge on any atom is 0.156 e. The van der Waals surface area contributed by atoms with Crippen LogP contribution >= 0.6 is 0 Å². The summed E-state index contributed by atoms with van der Waals surface area (Å²) in [6, 6.07) is 8.13. The predicted octanol–water partition coefficient (Wildman–Crippen LogP) is 2.17. The molecule has 90 valence electrons. The number of nitrogens with zero attached hydrogens (tertiary/aromatic N) is 2. The molecule has 0 aliphatic rings. The van der Waals surface area contributed by atoms with E-state index in [1.165, 1.54) is 0 Å². The fourth-order valence-electron chi connectivity index (χ4n) is 1.81. The monoisotopic (exact) mass is 230 g/mol. The maximum atomic E-state index is 5.45. The Balaban J connectivity index is 1.98. The van der Waals surface area contributed by atoms with Crippen LogP contribution in [0.15, 0.2) is 30.5 Å². The fraction of sp³-hybridized carbons (Fsp3) is 0.385. The van der Waals surface area contributed by atoms with Crippen molar-refractivity contribution in [2.75, 3.05) is 18.4 Å². The van der Waals surface area contributed by atoms with Gasteiger partial charge in [0, 0.05) is 17.3 Å². The molecule has 2 aromatic rings. The Kier molecular flexibility index (Phi) is 4.27. The molecule has 0 aliphatic heterocycles. The summed E-state index contributed by atoms with van der Waals surface area (Å²) in [6.45, 7) is 1.69. The van der Waals surface area contributed by atoms with E-state index in [0.29, 0.717) is 0 Å². The first kappa shape index (κ1) is 11.8. The molecule has 0 saturated carbocycles. The molecule has 2 rings (SSSR count). The molecular weight excluding hydrogens is 212 g/mol. The first-order valence-corrected chi connectivity index (χ1v) is 6.06. The minimum Gasteiger partial charge on any atom is -0.368 e. The second-order valence-electron chi connectivity index (χ2n) is 4.06. The lowest BCUT2D eigenvalue weighted by molar-refractivity contribution is 0.706. The standard InChI is InChI=1S/C13H18N4/c14-8-4-1-5-9-15-13-12-7-3-2-6-11(12)10-16-17-13/h2-3,6-7,10H,1,4-5,8-9,14H2,(H,15,17). The van der Waals surface area contributed by atoms with Crippen LogP contribution in [0.25, 0.3) is 10.8 Å². The van der Waals surface area contributed by atoms with Gasteiger partial charge in [-0.15, -0.1) is 5.10 Å². The molecule has 0 spiro atoms. The second kappa shape index (κ2) is 6.15. The maximum absolute atomic E-state index is 5.45. The number of anilines is 1. The van der Waals surface area contributed by atoms with Crippen molar-refractivity contribution < 1.29 is 0 Å². The lowest BCUT2D eigenvalue weighted by Gasteiger charge is -2.07. The number of hydrogen-bond donors (Lipinski definition) is 2. The van der Waals surface area contributed by atoms with Gasteiger partial charge in [0.25, 0.3) is 0 Å². The summed E-state index contributed by atoms with van der Waals surface area (Å²) in [7, 11) is 0. The van der Waals surface area contributed by atoms with Crippen LogP contribution in [-0.2, 0) is 0 Å². The van der Waals surface area contributed by atoms with Crippen LogP contribution in [0, 0.1) is 0 Å². The van der Waals surface area contributed by atoms with Crippen molar-refractivity contribution in [2.24, 2.45) is 5.73 Å². The summed E-state index contributed by atoms with van der Waals surface area (Å²) >= 11 is 0. The highest BCUT2D eigenvalue weighted by molar-refractivity contribution is 5.90. The van der Waals surface area contributed by atoms with Gasteiger partial charge >= 0.3 is 0 Å². The number of nitrogens with two attached hydrogens (primary N) is 1. The van der Waals surface area contributed by atoms with E-state index >= 15 is 0 Å². The molecular formula is C13H18N4. The Hall–Kier alpha value is -1.68. The molecule has 1 aromatic heterocycles. The van der Waals surface area contributed by atoms with Crippen LogP contribution in [0.1, 0.15) is 19.3 Å². The third kappa shape index (κ3) is 3.14. The van der Waals surface area contributed by atoms with Crippen molar-refractivity contribution in [2.45, 2.75) is 19.3 Å². The zero-order chi connectivity index (χ0) is 11.9.